The SMILES string of the molecule is C[C@@H]1C[C@H](N2CCN(C[C@@H](O)COc3ccccc3)CC2)C(=O)O1. The van der Waals surface area contributed by atoms with E-state index in [-0.39, 0.29) is 24.7 Å². The van der Waals surface area contributed by atoms with Crippen LogP contribution in [0, 0.1) is 0 Å². The number of esters is 1. The van der Waals surface area contributed by atoms with Crippen LogP contribution in [0.25, 0.3) is 0 Å². The second-order valence-corrected chi connectivity index (χ2v) is 6.61. The van der Waals surface area contributed by atoms with Crippen LogP contribution >= 0.6 is 0 Å². The Morgan fingerprint density at radius 2 is 1.96 bits per heavy atom. The van der Waals surface area contributed by atoms with E-state index in [1.807, 2.05) is 37.3 Å². The van der Waals surface area contributed by atoms with Crippen LogP contribution in [0.2, 0.25) is 0 Å². The summed E-state index contributed by atoms with van der Waals surface area (Å²) in [6.07, 6.45) is 0.289. The number of nitrogens with zero attached hydrogens (tertiary/aromatic N) is 2. The van der Waals surface area contributed by atoms with E-state index < -0.39 is 6.10 Å². The molecule has 6 nitrogen and oxygen atoms in total. The lowest BCUT2D eigenvalue weighted by Crippen LogP contribution is -2.53. The number of carbonyl (C=O) groups is 1. The van der Waals surface area contributed by atoms with Gasteiger partial charge in [0.25, 0.3) is 0 Å². The van der Waals surface area contributed by atoms with E-state index in [1.165, 1.54) is 0 Å². The number of aliphatic hydroxyl groups excluding tert-OH is 1. The van der Waals surface area contributed by atoms with Crippen LogP contribution in [0.15, 0.2) is 30.3 Å². The van der Waals surface area contributed by atoms with Gasteiger partial charge in [0.05, 0.1) is 0 Å². The smallest absolute Gasteiger partial charge is 0.323 e. The summed E-state index contributed by atoms with van der Waals surface area (Å²) in [5.74, 6) is 0.683. The van der Waals surface area contributed by atoms with E-state index in [0.29, 0.717) is 6.54 Å². The van der Waals surface area contributed by atoms with Crippen LogP contribution in [-0.2, 0) is 9.53 Å². The van der Waals surface area contributed by atoms with Crippen LogP contribution in [0.1, 0.15) is 13.3 Å². The van der Waals surface area contributed by atoms with Crippen molar-refractivity contribution in [1.29, 1.82) is 0 Å². The maximum atomic E-state index is 11.8. The molecule has 3 atom stereocenters. The zero-order valence-electron chi connectivity index (χ0n) is 14.1. The first-order chi connectivity index (χ1) is 11.6. The van der Waals surface area contributed by atoms with Gasteiger partial charge < -0.3 is 14.6 Å². The molecule has 0 unspecified atom stereocenters. The summed E-state index contributed by atoms with van der Waals surface area (Å²) in [6, 6.07) is 9.43. The van der Waals surface area contributed by atoms with Gasteiger partial charge in [-0.2, -0.15) is 0 Å². The lowest BCUT2D eigenvalue weighted by molar-refractivity contribution is -0.145. The number of rotatable bonds is 6. The number of hydrogen-bond donors (Lipinski definition) is 1. The monoisotopic (exact) mass is 334 g/mol. The third-order valence-electron chi connectivity index (χ3n) is 4.65. The highest BCUT2D eigenvalue weighted by atomic mass is 16.6. The van der Waals surface area contributed by atoms with Gasteiger partial charge in [0.1, 0.15) is 30.6 Å². The molecule has 0 spiro atoms. The normalized spacial score (nSPS) is 27.0. The molecule has 1 N–H and O–H groups in total. The summed E-state index contributed by atoms with van der Waals surface area (Å²) >= 11 is 0. The van der Waals surface area contributed by atoms with Crippen molar-refractivity contribution in [3.05, 3.63) is 30.3 Å². The first-order valence-electron chi connectivity index (χ1n) is 8.64. The van der Waals surface area contributed by atoms with Gasteiger partial charge in [-0.1, -0.05) is 18.2 Å². The van der Waals surface area contributed by atoms with Crippen LogP contribution < -0.4 is 4.74 Å². The molecule has 0 bridgehead atoms. The lowest BCUT2D eigenvalue weighted by Gasteiger charge is -2.37. The van der Waals surface area contributed by atoms with Gasteiger partial charge in [0, 0.05) is 39.1 Å². The number of ether oxygens (including phenoxy) is 2. The zero-order chi connectivity index (χ0) is 16.9. The van der Waals surface area contributed by atoms with E-state index in [2.05, 4.69) is 9.80 Å². The molecule has 0 aromatic heterocycles. The maximum absolute atomic E-state index is 11.8. The molecule has 1 aromatic rings. The highest BCUT2D eigenvalue weighted by Crippen LogP contribution is 2.21. The van der Waals surface area contributed by atoms with Crippen LogP contribution in [0.4, 0.5) is 0 Å². The van der Waals surface area contributed by atoms with E-state index >= 15 is 0 Å². The maximum Gasteiger partial charge on any atom is 0.323 e. The molecule has 132 valence electrons. The third kappa shape index (κ3) is 4.47. The van der Waals surface area contributed by atoms with Crippen LogP contribution in [0.3, 0.4) is 0 Å². The molecule has 6 heteroatoms. The summed E-state index contributed by atoms with van der Waals surface area (Å²) in [5.41, 5.74) is 0. The Kier molecular flexibility index (Phi) is 5.71. The van der Waals surface area contributed by atoms with Crippen molar-refractivity contribution in [2.24, 2.45) is 0 Å². The van der Waals surface area contributed by atoms with Crippen LogP contribution in [0.5, 0.6) is 5.75 Å². The Hall–Kier alpha value is -1.63. The van der Waals surface area contributed by atoms with Gasteiger partial charge in [-0.15, -0.1) is 0 Å². The minimum atomic E-state index is -0.520. The fourth-order valence-electron chi connectivity index (χ4n) is 3.35. The summed E-state index contributed by atoms with van der Waals surface area (Å²) in [7, 11) is 0. The molecule has 2 aliphatic heterocycles. The van der Waals surface area contributed by atoms with Gasteiger partial charge in [0.15, 0.2) is 0 Å². The van der Waals surface area contributed by atoms with Crippen molar-refractivity contribution in [1.82, 2.24) is 9.80 Å². The van der Waals surface area contributed by atoms with Crippen molar-refractivity contribution in [2.75, 3.05) is 39.3 Å². The topological polar surface area (TPSA) is 62.2 Å². The van der Waals surface area contributed by atoms with Crippen molar-refractivity contribution in [2.45, 2.75) is 31.6 Å². The Balaban J connectivity index is 1.38. The Morgan fingerprint density at radius 1 is 1.25 bits per heavy atom. The minimum Gasteiger partial charge on any atom is -0.491 e. The van der Waals surface area contributed by atoms with E-state index in [9.17, 15) is 9.90 Å². The second-order valence-electron chi connectivity index (χ2n) is 6.61. The first-order valence-corrected chi connectivity index (χ1v) is 8.64. The standard InChI is InChI=1S/C18H26N2O4/c1-14-11-17(18(22)24-14)20-9-7-19(8-10-20)12-15(21)13-23-16-5-3-2-4-6-16/h2-6,14-15,17,21H,7-13H2,1H3/t14-,15-,17+/m1/s1. The lowest BCUT2D eigenvalue weighted by atomic mass is 10.1. The molecule has 2 aliphatic rings. The summed E-state index contributed by atoms with van der Waals surface area (Å²) < 4.78 is 10.8. The summed E-state index contributed by atoms with van der Waals surface area (Å²) in [6.45, 7) is 6.18. The largest absolute Gasteiger partial charge is 0.491 e. The summed E-state index contributed by atoms with van der Waals surface area (Å²) in [4.78, 5) is 16.3. The molecule has 0 aliphatic carbocycles. The highest BCUT2D eigenvalue weighted by molar-refractivity contribution is 5.78. The molecule has 2 heterocycles. The van der Waals surface area contributed by atoms with Crippen molar-refractivity contribution < 1.29 is 19.4 Å². The summed E-state index contributed by atoms with van der Waals surface area (Å²) in [5, 5.41) is 10.2. The van der Waals surface area contributed by atoms with Crippen molar-refractivity contribution in [3.63, 3.8) is 0 Å². The Bertz CT molecular complexity index is 531. The Morgan fingerprint density at radius 3 is 2.58 bits per heavy atom. The second kappa shape index (κ2) is 7.96. The predicted molar refractivity (Wildman–Crippen MR) is 89.9 cm³/mol. The molecular weight excluding hydrogens is 308 g/mol. The fourth-order valence-corrected chi connectivity index (χ4v) is 3.35. The number of para-hydroxylation sites is 1. The molecule has 2 fully saturated rings. The highest BCUT2D eigenvalue weighted by Gasteiger charge is 2.37. The van der Waals surface area contributed by atoms with Gasteiger partial charge in [0.2, 0.25) is 0 Å². The number of piperazine rings is 1. The van der Waals surface area contributed by atoms with Crippen molar-refractivity contribution in [3.8, 4) is 5.75 Å². The number of cyclic esters (lactones) is 1. The molecule has 2 saturated heterocycles. The average Bonchev–Trinajstić information content (AvgIpc) is 2.93. The molecule has 24 heavy (non-hydrogen) atoms. The molecule has 0 saturated carbocycles. The van der Waals surface area contributed by atoms with E-state index in [0.717, 1.165) is 38.3 Å². The van der Waals surface area contributed by atoms with Gasteiger partial charge >= 0.3 is 5.97 Å². The molecule has 3 rings (SSSR count). The molecular formula is C18H26N2O4. The number of aliphatic hydroxyl groups is 1. The number of hydrogen-bond acceptors (Lipinski definition) is 6. The van der Waals surface area contributed by atoms with Crippen molar-refractivity contribution >= 4 is 5.97 Å². The predicted octanol–water partition coefficient (Wildman–Crippen LogP) is 0.748. The van der Waals surface area contributed by atoms with E-state index in [4.69, 9.17) is 9.47 Å². The number of carbonyl (C=O) groups excluding carboxylic acids is 1. The number of benzene rings is 1. The minimum absolute atomic E-state index is 0.0255. The quantitative estimate of drug-likeness (QED) is 0.775. The van der Waals surface area contributed by atoms with Gasteiger partial charge in [-0.05, 0) is 19.1 Å². The first kappa shape index (κ1) is 17.2. The Labute approximate surface area is 143 Å². The van der Waals surface area contributed by atoms with Crippen LogP contribution in [-0.4, -0.2) is 78.5 Å². The average molecular weight is 334 g/mol. The number of β-amino-alcohol motifs (C(OH)–C–C–N with tert-alkyl or cyclic N) is 1. The van der Waals surface area contributed by atoms with Gasteiger partial charge in [-0.3, -0.25) is 14.6 Å². The fraction of sp³-hybridized carbons (Fsp3) is 0.611. The van der Waals surface area contributed by atoms with E-state index in [1.54, 1.807) is 0 Å². The van der Waals surface area contributed by atoms with Gasteiger partial charge in [-0.25, -0.2) is 0 Å². The zero-order valence-corrected chi connectivity index (χ0v) is 14.1. The molecule has 0 amide bonds. The third-order valence-corrected chi connectivity index (χ3v) is 4.65. The molecule has 1 aromatic carbocycles. The molecule has 0 radical (unpaired) electrons.